The van der Waals surface area contributed by atoms with Gasteiger partial charge in [-0.25, -0.2) is 0 Å². The summed E-state index contributed by atoms with van der Waals surface area (Å²) in [6.07, 6.45) is 7.41. The van der Waals surface area contributed by atoms with Crippen LogP contribution in [0.15, 0.2) is 41.4 Å². The van der Waals surface area contributed by atoms with Gasteiger partial charge in [0.2, 0.25) is 0 Å². The van der Waals surface area contributed by atoms with Gasteiger partial charge in [0.05, 0.1) is 0 Å². The van der Waals surface area contributed by atoms with Gasteiger partial charge in [-0.1, -0.05) is 0 Å². The fraction of sp³-hybridized carbons (Fsp3) is 0.526. The molecule has 4 heteroatoms. The van der Waals surface area contributed by atoms with E-state index < -0.39 is 0 Å². The van der Waals surface area contributed by atoms with Crippen LogP contribution in [0.25, 0.3) is 0 Å². The number of pyridine rings is 1. The summed E-state index contributed by atoms with van der Waals surface area (Å²) in [6.45, 7) is 6.96. The van der Waals surface area contributed by atoms with Crippen molar-refractivity contribution in [3.63, 3.8) is 0 Å². The van der Waals surface area contributed by atoms with Crippen molar-refractivity contribution in [3.8, 4) is 0 Å². The Kier molecular flexibility index (Phi) is 5.81. The molecule has 0 aromatic carbocycles. The Bertz CT molecular complexity index is 562. The van der Waals surface area contributed by atoms with Gasteiger partial charge in [-0.2, -0.15) is 11.3 Å². The second kappa shape index (κ2) is 8.04. The van der Waals surface area contributed by atoms with Gasteiger partial charge >= 0.3 is 0 Å². The van der Waals surface area contributed by atoms with Crippen LogP contribution in [-0.4, -0.2) is 35.1 Å². The third-order valence-electron chi connectivity index (χ3n) is 4.91. The van der Waals surface area contributed by atoms with E-state index in [2.05, 4.69) is 58.0 Å². The number of nitrogens with zero attached hydrogens (tertiary/aromatic N) is 2. The molecule has 3 heterocycles. The van der Waals surface area contributed by atoms with Gasteiger partial charge in [0.15, 0.2) is 0 Å². The van der Waals surface area contributed by atoms with E-state index >= 15 is 0 Å². The van der Waals surface area contributed by atoms with Crippen molar-refractivity contribution < 1.29 is 0 Å². The van der Waals surface area contributed by atoms with Gasteiger partial charge in [0, 0.05) is 43.6 Å². The van der Waals surface area contributed by atoms with E-state index in [4.69, 9.17) is 0 Å². The summed E-state index contributed by atoms with van der Waals surface area (Å²) in [5.74, 6) is 0. The van der Waals surface area contributed by atoms with Crippen LogP contribution >= 0.6 is 11.3 Å². The predicted octanol–water partition coefficient (Wildman–Crippen LogP) is 3.89. The van der Waals surface area contributed by atoms with Gasteiger partial charge in [-0.05, 0) is 73.2 Å². The number of likely N-dealkylation sites (tertiary alicyclic amines) is 1. The Morgan fingerprint density at radius 1 is 1.22 bits per heavy atom. The number of rotatable bonds is 6. The number of hydrogen-bond donors (Lipinski definition) is 1. The van der Waals surface area contributed by atoms with E-state index in [0.29, 0.717) is 18.1 Å². The van der Waals surface area contributed by atoms with Crippen LogP contribution in [0.2, 0.25) is 0 Å². The minimum atomic E-state index is 0.488. The molecule has 0 radical (unpaired) electrons. The molecule has 0 amide bonds. The fourth-order valence-electron chi connectivity index (χ4n) is 3.53. The zero-order valence-corrected chi connectivity index (χ0v) is 14.9. The highest BCUT2D eigenvalue weighted by atomic mass is 32.1. The number of aromatic nitrogens is 1. The number of nitrogens with one attached hydrogen (secondary N) is 1. The maximum Gasteiger partial charge on any atom is 0.0321 e. The maximum atomic E-state index is 4.12. The van der Waals surface area contributed by atoms with Crippen LogP contribution in [-0.2, 0) is 6.42 Å². The molecular formula is C19H27N3S. The zero-order valence-electron chi connectivity index (χ0n) is 14.1. The maximum absolute atomic E-state index is 4.12. The lowest BCUT2D eigenvalue weighted by molar-refractivity contribution is 0.149. The van der Waals surface area contributed by atoms with Crippen LogP contribution < -0.4 is 5.32 Å². The molecule has 1 aliphatic rings. The molecule has 1 saturated heterocycles. The molecule has 0 aliphatic carbocycles. The Morgan fingerprint density at radius 2 is 1.96 bits per heavy atom. The fourth-order valence-corrected chi connectivity index (χ4v) is 4.21. The summed E-state index contributed by atoms with van der Waals surface area (Å²) >= 11 is 1.79. The van der Waals surface area contributed by atoms with Gasteiger partial charge in [0.1, 0.15) is 0 Å². The first kappa shape index (κ1) is 16.6. The summed E-state index contributed by atoms with van der Waals surface area (Å²) in [5, 5.41) is 8.25. The topological polar surface area (TPSA) is 28.2 Å². The molecule has 1 N–H and O–H groups in total. The van der Waals surface area contributed by atoms with Crippen molar-refractivity contribution >= 4 is 11.3 Å². The highest BCUT2D eigenvalue weighted by molar-refractivity contribution is 7.07. The van der Waals surface area contributed by atoms with Gasteiger partial charge in [-0.3, -0.25) is 9.88 Å². The molecule has 0 saturated carbocycles. The molecule has 3 rings (SSSR count). The highest BCUT2D eigenvalue weighted by Crippen LogP contribution is 2.24. The second-order valence-corrected chi connectivity index (χ2v) is 7.45. The summed E-state index contributed by atoms with van der Waals surface area (Å²) in [6, 6.07) is 8.21. The minimum Gasteiger partial charge on any atom is -0.311 e. The van der Waals surface area contributed by atoms with E-state index in [-0.39, 0.29) is 0 Å². The van der Waals surface area contributed by atoms with E-state index in [1.165, 1.54) is 37.1 Å². The molecule has 0 bridgehead atoms. The quantitative estimate of drug-likeness (QED) is 0.871. The summed E-state index contributed by atoms with van der Waals surface area (Å²) in [7, 11) is 0. The molecular weight excluding hydrogens is 302 g/mol. The van der Waals surface area contributed by atoms with Crippen molar-refractivity contribution in [2.24, 2.45) is 0 Å². The van der Waals surface area contributed by atoms with E-state index in [1.54, 1.807) is 11.3 Å². The van der Waals surface area contributed by atoms with E-state index in [9.17, 15) is 0 Å². The smallest absolute Gasteiger partial charge is 0.0321 e. The third kappa shape index (κ3) is 4.63. The Balaban J connectivity index is 1.45. The van der Waals surface area contributed by atoms with Gasteiger partial charge in [-0.15, -0.1) is 0 Å². The number of piperidine rings is 1. The molecule has 124 valence electrons. The SMILES string of the molecule is C[C@@H](Cc1ccsc1)NC1CCN([C@@H](C)c2ccncc2)CC1. The number of hydrogen-bond acceptors (Lipinski definition) is 4. The summed E-state index contributed by atoms with van der Waals surface area (Å²) in [5.41, 5.74) is 2.83. The monoisotopic (exact) mass is 329 g/mol. The number of thiophene rings is 1. The van der Waals surface area contributed by atoms with E-state index in [1.807, 2.05) is 12.4 Å². The lowest BCUT2D eigenvalue weighted by Crippen LogP contribution is -2.46. The Labute approximate surface area is 143 Å². The standard InChI is InChI=1S/C19H27N3S/c1-15(13-17-7-12-23-14-17)21-19-5-10-22(11-6-19)16(2)18-3-8-20-9-4-18/h3-4,7-9,12,14-16,19,21H,5-6,10-11,13H2,1-2H3/t15-,16-/m0/s1. The second-order valence-electron chi connectivity index (χ2n) is 6.67. The van der Waals surface area contributed by atoms with Crippen LogP contribution in [0.5, 0.6) is 0 Å². The van der Waals surface area contributed by atoms with Crippen molar-refractivity contribution in [2.45, 2.75) is 51.2 Å². The zero-order chi connectivity index (χ0) is 16.1. The van der Waals surface area contributed by atoms with Crippen molar-refractivity contribution in [3.05, 3.63) is 52.5 Å². The summed E-state index contributed by atoms with van der Waals surface area (Å²) in [4.78, 5) is 6.71. The normalized spacial score (nSPS) is 19.6. The average Bonchev–Trinajstić information content (AvgIpc) is 3.08. The highest BCUT2D eigenvalue weighted by Gasteiger charge is 2.24. The lowest BCUT2D eigenvalue weighted by atomic mass is 9.99. The van der Waals surface area contributed by atoms with Crippen LogP contribution in [0.3, 0.4) is 0 Å². The molecule has 1 aliphatic heterocycles. The minimum absolute atomic E-state index is 0.488. The van der Waals surface area contributed by atoms with Crippen molar-refractivity contribution in [1.82, 2.24) is 15.2 Å². The van der Waals surface area contributed by atoms with E-state index in [0.717, 1.165) is 6.42 Å². The van der Waals surface area contributed by atoms with Crippen LogP contribution in [0, 0.1) is 0 Å². The molecule has 0 spiro atoms. The third-order valence-corrected chi connectivity index (χ3v) is 5.64. The first-order chi connectivity index (χ1) is 11.2. The Hall–Kier alpha value is -1.23. The largest absolute Gasteiger partial charge is 0.311 e. The first-order valence-electron chi connectivity index (χ1n) is 8.63. The molecule has 3 nitrogen and oxygen atoms in total. The molecule has 2 atom stereocenters. The van der Waals surface area contributed by atoms with Gasteiger partial charge < -0.3 is 5.32 Å². The first-order valence-corrected chi connectivity index (χ1v) is 9.57. The molecule has 1 fully saturated rings. The van der Waals surface area contributed by atoms with Crippen molar-refractivity contribution in [2.75, 3.05) is 13.1 Å². The summed E-state index contributed by atoms with van der Waals surface area (Å²) < 4.78 is 0. The van der Waals surface area contributed by atoms with Crippen LogP contribution in [0.4, 0.5) is 0 Å². The molecule has 2 aromatic rings. The Morgan fingerprint density at radius 3 is 2.61 bits per heavy atom. The molecule has 0 unspecified atom stereocenters. The molecule has 23 heavy (non-hydrogen) atoms. The predicted molar refractivity (Wildman–Crippen MR) is 97.9 cm³/mol. The van der Waals surface area contributed by atoms with Gasteiger partial charge in [0.25, 0.3) is 0 Å². The lowest BCUT2D eigenvalue weighted by Gasteiger charge is -2.37. The van der Waals surface area contributed by atoms with Crippen LogP contribution in [0.1, 0.15) is 43.9 Å². The average molecular weight is 330 g/mol. The van der Waals surface area contributed by atoms with Crippen molar-refractivity contribution in [1.29, 1.82) is 0 Å². The molecule has 2 aromatic heterocycles.